The van der Waals surface area contributed by atoms with E-state index in [-0.39, 0.29) is 0 Å². The van der Waals surface area contributed by atoms with Crippen LogP contribution in [0.2, 0.25) is 0 Å². The van der Waals surface area contributed by atoms with Crippen molar-refractivity contribution >= 4 is 0 Å². The van der Waals surface area contributed by atoms with E-state index in [4.69, 9.17) is 0 Å². The first-order chi connectivity index (χ1) is 7.33. The van der Waals surface area contributed by atoms with Crippen molar-refractivity contribution in [2.24, 2.45) is 0 Å². The number of rotatable bonds is 3. The maximum Gasteiger partial charge on any atom is 0.142 e. The summed E-state index contributed by atoms with van der Waals surface area (Å²) in [5.41, 5.74) is 0.762. The average Bonchev–Trinajstić information content (AvgIpc) is 2.77. The molecule has 1 atom stereocenters. The van der Waals surface area contributed by atoms with Crippen LogP contribution in [0.5, 0.6) is 0 Å². The smallest absolute Gasteiger partial charge is 0.142 e. The zero-order valence-electron chi connectivity index (χ0n) is 8.54. The van der Waals surface area contributed by atoms with E-state index < -0.39 is 6.10 Å². The molecule has 1 unspecified atom stereocenters. The van der Waals surface area contributed by atoms with E-state index in [1.54, 1.807) is 24.7 Å². The Kier molecular flexibility index (Phi) is 2.78. The Bertz CT molecular complexity index is 424. The molecule has 2 heterocycles. The summed E-state index contributed by atoms with van der Waals surface area (Å²) in [5, 5.41) is 10.1. The molecule has 78 valence electrons. The summed E-state index contributed by atoms with van der Waals surface area (Å²) in [4.78, 5) is 8.12. The summed E-state index contributed by atoms with van der Waals surface area (Å²) in [5.74, 6) is 0.658. The molecule has 0 radical (unpaired) electrons. The maximum absolute atomic E-state index is 10.1. The fourth-order valence-corrected chi connectivity index (χ4v) is 1.52. The van der Waals surface area contributed by atoms with Crippen molar-refractivity contribution in [1.82, 2.24) is 14.5 Å². The summed E-state index contributed by atoms with van der Waals surface area (Å²) >= 11 is 0. The van der Waals surface area contributed by atoms with Crippen LogP contribution in [0.4, 0.5) is 0 Å². The molecular weight excluding hydrogens is 190 g/mol. The number of hydrogen-bond donors (Lipinski definition) is 1. The molecule has 0 aliphatic rings. The molecule has 15 heavy (non-hydrogen) atoms. The van der Waals surface area contributed by atoms with E-state index in [1.165, 1.54) is 0 Å². The van der Waals surface area contributed by atoms with Crippen molar-refractivity contribution in [3.8, 4) is 0 Å². The van der Waals surface area contributed by atoms with Gasteiger partial charge in [0.15, 0.2) is 0 Å². The Morgan fingerprint density at radius 1 is 1.47 bits per heavy atom. The molecule has 2 rings (SSSR count). The topological polar surface area (TPSA) is 50.9 Å². The predicted octanol–water partition coefficient (Wildman–Crippen LogP) is 1.38. The van der Waals surface area contributed by atoms with E-state index in [0.717, 1.165) is 12.1 Å². The fourth-order valence-electron chi connectivity index (χ4n) is 1.52. The molecule has 0 aliphatic carbocycles. The number of aryl methyl sites for hydroxylation is 1. The van der Waals surface area contributed by atoms with E-state index in [1.807, 2.05) is 23.8 Å². The molecule has 0 aliphatic heterocycles. The van der Waals surface area contributed by atoms with Gasteiger partial charge in [-0.3, -0.25) is 4.98 Å². The summed E-state index contributed by atoms with van der Waals surface area (Å²) in [6, 6.07) is 3.64. The summed E-state index contributed by atoms with van der Waals surface area (Å²) in [6.07, 6.45) is 6.18. The van der Waals surface area contributed by atoms with Crippen LogP contribution in [0.1, 0.15) is 24.4 Å². The molecule has 2 aromatic heterocycles. The lowest BCUT2D eigenvalue weighted by Crippen LogP contribution is -2.08. The highest BCUT2D eigenvalue weighted by atomic mass is 16.3. The molecule has 2 aromatic rings. The minimum atomic E-state index is -0.700. The van der Waals surface area contributed by atoms with Crippen molar-refractivity contribution < 1.29 is 5.11 Å². The second kappa shape index (κ2) is 4.23. The van der Waals surface area contributed by atoms with Gasteiger partial charge in [-0.25, -0.2) is 4.98 Å². The Labute approximate surface area is 88.2 Å². The second-order valence-corrected chi connectivity index (χ2v) is 3.26. The van der Waals surface area contributed by atoms with Crippen molar-refractivity contribution in [2.75, 3.05) is 0 Å². The average molecular weight is 203 g/mol. The van der Waals surface area contributed by atoms with Gasteiger partial charge in [0, 0.05) is 36.9 Å². The van der Waals surface area contributed by atoms with Gasteiger partial charge in [0.2, 0.25) is 0 Å². The Balaban J connectivity index is 2.32. The van der Waals surface area contributed by atoms with E-state index in [0.29, 0.717) is 5.82 Å². The quantitative estimate of drug-likeness (QED) is 0.819. The molecule has 1 N–H and O–H groups in total. The molecule has 4 nitrogen and oxygen atoms in total. The Morgan fingerprint density at radius 2 is 2.33 bits per heavy atom. The van der Waals surface area contributed by atoms with Crippen molar-refractivity contribution in [3.05, 3.63) is 48.3 Å². The number of aliphatic hydroxyl groups is 1. The lowest BCUT2D eigenvalue weighted by molar-refractivity contribution is 0.204. The zero-order valence-corrected chi connectivity index (χ0v) is 8.54. The van der Waals surface area contributed by atoms with Crippen LogP contribution in [0.25, 0.3) is 0 Å². The Morgan fingerprint density at radius 3 is 3.00 bits per heavy atom. The van der Waals surface area contributed by atoms with Gasteiger partial charge in [-0.2, -0.15) is 0 Å². The van der Waals surface area contributed by atoms with Crippen LogP contribution in [0, 0.1) is 0 Å². The minimum Gasteiger partial charge on any atom is -0.380 e. The van der Waals surface area contributed by atoms with Crippen LogP contribution in [-0.4, -0.2) is 19.6 Å². The number of aromatic nitrogens is 3. The van der Waals surface area contributed by atoms with Crippen LogP contribution >= 0.6 is 0 Å². The van der Waals surface area contributed by atoms with Crippen LogP contribution in [-0.2, 0) is 6.54 Å². The summed E-state index contributed by atoms with van der Waals surface area (Å²) in [7, 11) is 0. The van der Waals surface area contributed by atoms with Gasteiger partial charge in [0.25, 0.3) is 0 Å². The molecule has 0 fully saturated rings. The highest BCUT2D eigenvalue weighted by Crippen LogP contribution is 2.18. The zero-order chi connectivity index (χ0) is 10.7. The molecule has 0 saturated carbocycles. The van der Waals surface area contributed by atoms with Crippen LogP contribution < -0.4 is 0 Å². The van der Waals surface area contributed by atoms with Gasteiger partial charge in [-0.15, -0.1) is 0 Å². The number of imidazole rings is 1. The highest BCUT2D eigenvalue weighted by Gasteiger charge is 2.15. The molecule has 0 bridgehead atoms. The third-order valence-electron chi connectivity index (χ3n) is 2.33. The molecular formula is C11H13N3O. The normalized spacial score (nSPS) is 12.7. The number of pyridine rings is 1. The van der Waals surface area contributed by atoms with Crippen molar-refractivity contribution in [3.63, 3.8) is 0 Å². The van der Waals surface area contributed by atoms with Crippen LogP contribution in [0.3, 0.4) is 0 Å². The fraction of sp³-hybridized carbons (Fsp3) is 0.273. The highest BCUT2D eigenvalue weighted by molar-refractivity contribution is 5.19. The number of aliphatic hydroxyl groups excluding tert-OH is 1. The third kappa shape index (κ3) is 1.89. The van der Waals surface area contributed by atoms with Crippen molar-refractivity contribution in [1.29, 1.82) is 0 Å². The largest absolute Gasteiger partial charge is 0.380 e. The van der Waals surface area contributed by atoms with E-state index >= 15 is 0 Å². The van der Waals surface area contributed by atoms with Gasteiger partial charge in [-0.05, 0) is 13.0 Å². The van der Waals surface area contributed by atoms with Gasteiger partial charge < -0.3 is 9.67 Å². The predicted molar refractivity (Wildman–Crippen MR) is 56.2 cm³/mol. The van der Waals surface area contributed by atoms with Gasteiger partial charge in [-0.1, -0.05) is 6.07 Å². The number of nitrogens with zero attached hydrogens (tertiary/aromatic N) is 3. The SMILES string of the molecule is CCn1ccnc1C(O)c1cccnc1. The first-order valence-corrected chi connectivity index (χ1v) is 4.92. The lowest BCUT2D eigenvalue weighted by atomic mass is 10.1. The maximum atomic E-state index is 10.1. The second-order valence-electron chi connectivity index (χ2n) is 3.26. The molecule has 0 saturated heterocycles. The van der Waals surface area contributed by atoms with Gasteiger partial charge >= 0.3 is 0 Å². The lowest BCUT2D eigenvalue weighted by Gasteiger charge is -2.11. The van der Waals surface area contributed by atoms with Crippen LogP contribution in [0.15, 0.2) is 36.9 Å². The molecule has 0 aromatic carbocycles. The summed E-state index contributed by atoms with van der Waals surface area (Å²) in [6.45, 7) is 2.81. The first kappa shape index (κ1) is 9.86. The van der Waals surface area contributed by atoms with E-state index in [2.05, 4.69) is 9.97 Å². The molecule has 4 heteroatoms. The van der Waals surface area contributed by atoms with Gasteiger partial charge in [0.1, 0.15) is 11.9 Å². The first-order valence-electron chi connectivity index (χ1n) is 4.92. The van der Waals surface area contributed by atoms with Crippen molar-refractivity contribution in [2.45, 2.75) is 19.6 Å². The molecule has 0 spiro atoms. The molecule has 0 amide bonds. The summed E-state index contributed by atoms with van der Waals surface area (Å²) < 4.78 is 1.91. The van der Waals surface area contributed by atoms with E-state index in [9.17, 15) is 5.11 Å². The monoisotopic (exact) mass is 203 g/mol. The van der Waals surface area contributed by atoms with Gasteiger partial charge in [0.05, 0.1) is 0 Å². The standard InChI is InChI=1S/C11H13N3O/c1-2-14-7-6-13-11(14)10(15)9-4-3-5-12-8-9/h3-8,10,15H,2H2,1H3. The minimum absolute atomic E-state index is 0.658. The number of hydrogen-bond acceptors (Lipinski definition) is 3. The Hall–Kier alpha value is -1.68. The third-order valence-corrected chi connectivity index (χ3v) is 2.33.